The minimum absolute atomic E-state index is 0.220. The third kappa shape index (κ3) is 2.74. The highest BCUT2D eigenvalue weighted by atomic mass is 35.5. The van der Waals surface area contributed by atoms with Crippen molar-refractivity contribution in [3.8, 4) is 0 Å². The molecular weight excluding hydrogens is 251 g/mol. The first kappa shape index (κ1) is 13.1. The van der Waals surface area contributed by atoms with Crippen molar-refractivity contribution in [3.05, 3.63) is 58.1 Å². The molecule has 0 bridgehead atoms. The first-order valence-corrected chi connectivity index (χ1v) is 6.22. The Hall–Kier alpha value is -1.32. The highest BCUT2D eigenvalue weighted by Gasteiger charge is 2.08. The fourth-order valence-electron chi connectivity index (χ4n) is 1.99. The number of rotatable bonds is 4. The largest absolute Gasteiger partial charge is 0.347 e. The summed E-state index contributed by atoms with van der Waals surface area (Å²) in [7, 11) is 1.91. The van der Waals surface area contributed by atoms with Crippen LogP contribution in [0.3, 0.4) is 0 Å². The average Bonchev–Trinajstić information content (AvgIpc) is 2.67. The molecule has 0 amide bonds. The Kier molecular flexibility index (Phi) is 4.04. The molecule has 0 unspecified atom stereocenters. The van der Waals surface area contributed by atoms with Crippen molar-refractivity contribution in [1.29, 1.82) is 0 Å². The van der Waals surface area contributed by atoms with Crippen LogP contribution in [0, 0.1) is 12.7 Å². The van der Waals surface area contributed by atoms with Gasteiger partial charge in [-0.1, -0.05) is 11.6 Å². The minimum Gasteiger partial charge on any atom is -0.347 e. The zero-order valence-corrected chi connectivity index (χ0v) is 11.3. The van der Waals surface area contributed by atoms with Crippen molar-refractivity contribution in [2.45, 2.75) is 20.0 Å². The van der Waals surface area contributed by atoms with E-state index in [9.17, 15) is 4.39 Å². The summed E-state index contributed by atoms with van der Waals surface area (Å²) in [5.74, 6) is -0.220. The molecule has 1 N–H and O–H groups in total. The molecule has 0 spiro atoms. The van der Waals surface area contributed by atoms with Crippen molar-refractivity contribution < 1.29 is 4.39 Å². The summed E-state index contributed by atoms with van der Waals surface area (Å²) < 4.78 is 15.7. The topological polar surface area (TPSA) is 17.0 Å². The van der Waals surface area contributed by atoms with E-state index in [-0.39, 0.29) is 5.82 Å². The van der Waals surface area contributed by atoms with Crippen LogP contribution in [-0.4, -0.2) is 11.6 Å². The van der Waals surface area contributed by atoms with E-state index in [0.717, 1.165) is 12.2 Å². The van der Waals surface area contributed by atoms with Gasteiger partial charge in [-0.05, 0) is 43.8 Å². The van der Waals surface area contributed by atoms with Gasteiger partial charge in [0.1, 0.15) is 5.82 Å². The van der Waals surface area contributed by atoms with E-state index in [2.05, 4.69) is 5.32 Å². The molecule has 0 fully saturated rings. The lowest BCUT2D eigenvalue weighted by Crippen LogP contribution is -2.08. The average molecular weight is 267 g/mol. The van der Waals surface area contributed by atoms with Crippen molar-refractivity contribution in [1.82, 2.24) is 9.88 Å². The van der Waals surface area contributed by atoms with Gasteiger partial charge in [-0.3, -0.25) is 0 Å². The summed E-state index contributed by atoms with van der Waals surface area (Å²) in [5, 5.41) is 3.68. The molecule has 1 heterocycles. The third-order valence-electron chi connectivity index (χ3n) is 3.07. The van der Waals surface area contributed by atoms with Crippen LogP contribution in [0.25, 0.3) is 0 Å². The van der Waals surface area contributed by atoms with Gasteiger partial charge in [0.15, 0.2) is 0 Å². The van der Waals surface area contributed by atoms with E-state index < -0.39 is 0 Å². The molecule has 0 aliphatic carbocycles. The van der Waals surface area contributed by atoms with E-state index in [1.165, 1.54) is 11.6 Å². The Bertz CT molecular complexity index is 549. The predicted octanol–water partition coefficient (Wildman–Crippen LogP) is 3.36. The Morgan fingerprint density at radius 3 is 2.78 bits per heavy atom. The maximum absolute atomic E-state index is 13.7. The first-order chi connectivity index (χ1) is 8.61. The highest BCUT2D eigenvalue weighted by Crippen LogP contribution is 2.18. The maximum Gasteiger partial charge on any atom is 0.128 e. The van der Waals surface area contributed by atoms with Crippen LogP contribution in [0.1, 0.15) is 16.8 Å². The predicted molar refractivity (Wildman–Crippen MR) is 72.4 cm³/mol. The molecule has 0 aliphatic rings. The van der Waals surface area contributed by atoms with Crippen molar-refractivity contribution >= 4 is 11.6 Å². The molecule has 96 valence electrons. The normalized spacial score (nSPS) is 10.9. The van der Waals surface area contributed by atoms with Gasteiger partial charge < -0.3 is 9.88 Å². The molecule has 0 aliphatic heterocycles. The number of benzene rings is 1. The number of halogens is 2. The van der Waals surface area contributed by atoms with Crippen LogP contribution in [-0.2, 0) is 13.1 Å². The Morgan fingerprint density at radius 2 is 2.06 bits per heavy atom. The van der Waals surface area contributed by atoms with E-state index in [4.69, 9.17) is 11.6 Å². The molecule has 1 aromatic heterocycles. The number of nitrogens with one attached hydrogen (secondary N) is 1. The van der Waals surface area contributed by atoms with Crippen molar-refractivity contribution in [2.24, 2.45) is 0 Å². The quantitative estimate of drug-likeness (QED) is 0.898. The molecule has 18 heavy (non-hydrogen) atoms. The zero-order valence-electron chi connectivity index (χ0n) is 10.5. The fraction of sp³-hybridized carbons (Fsp3) is 0.286. The number of hydrogen-bond donors (Lipinski definition) is 1. The lowest BCUT2D eigenvalue weighted by atomic mass is 10.2. The second-order valence-electron chi connectivity index (χ2n) is 4.32. The van der Waals surface area contributed by atoms with Crippen LogP contribution in [0.15, 0.2) is 30.5 Å². The maximum atomic E-state index is 13.7. The van der Waals surface area contributed by atoms with Gasteiger partial charge in [0.25, 0.3) is 0 Å². The van der Waals surface area contributed by atoms with Crippen LogP contribution in [0.4, 0.5) is 4.39 Å². The van der Waals surface area contributed by atoms with Crippen LogP contribution >= 0.6 is 11.6 Å². The summed E-state index contributed by atoms with van der Waals surface area (Å²) in [4.78, 5) is 0. The summed E-state index contributed by atoms with van der Waals surface area (Å²) in [6.07, 6.45) is 1.97. The van der Waals surface area contributed by atoms with Crippen LogP contribution in [0.2, 0.25) is 5.02 Å². The molecular formula is C14H16ClFN2. The molecule has 0 saturated carbocycles. The molecule has 2 nitrogen and oxygen atoms in total. The minimum atomic E-state index is -0.220. The zero-order chi connectivity index (χ0) is 13.1. The van der Waals surface area contributed by atoms with Gasteiger partial charge in [-0.25, -0.2) is 4.39 Å². The van der Waals surface area contributed by atoms with Gasteiger partial charge >= 0.3 is 0 Å². The lowest BCUT2D eigenvalue weighted by Gasteiger charge is -2.09. The third-order valence-corrected chi connectivity index (χ3v) is 3.30. The molecule has 4 heteroatoms. The fourth-order valence-corrected chi connectivity index (χ4v) is 2.19. The number of aromatic nitrogens is 1. The number of hydrogen-bond acceptors (Lipinski definition) is 1. The highest BCUT2D eigenvalue weighted by molar-refractivity contribution is 6.30. The molecule has 0 atom stereocenters. The smallest absolute Gasteiger partial charge is 0.128 e. The van der Waals surface area contributed by atoms with E-state index in [0.29, 0.717) is 17.1 Å². The summed E-state index contributed by atoms with van der Waals surface area (Å²) >= 11 is 5.89. The van der Waals surface area contributed by atoms with Crippen molar-refractivity contribution in [2.75, 3.05) is 7.05 Å². The summed E-state index contributed by atoms with van der Waals surface area (Å²) in [5.41, 5.74) is 2.97. The van der Waals surface area contributed by atoms with Gasteiger partial charge in [-0.15, -0.1) is 0 Å². The van der Waals surface area contributed by atoms with Gasteiger partial charge in [-0.2, -0.15) is 0 Å². The van der Waals surface area contributed by atoms with E-state index in [1.807, 2.05) is 30.8 Å². The van der Waals surface area contributed by atoms with Gasteiger partial charge in [0, 0.05) is 29.0 Å². The second-order valence-corrected chi connectivity index (χ2v) is 4.76. The lowest BCUT2D eigenvalue weighted by molar-refractivity contribution is 0.597. The van der Waals surface area contributed by atoms with Crippen LogP contribution in [0.5, 0.6) is 0 Å². The van der Waals surface area contributed by atoms with Crippen LogP contribution < -0.4 is 5.32 Å². The van der Waals surface area contributed by atoms with Crippen molar-refractivity contribution in [3.63, 3.8) is 0 Å². The van der Waals surface area contributed by atoms with Gasteiger partial charge in [0.05, 0.1) is 6.54 Å². The van der Waals surface area contributed by atoms with E-state index >= 15 is 0 Å². The number of nitrogens with zero attached hydrogens (tertiary/aromatic N) is 1. The summed E-state index contributed by atoms with van der Waals surface area (Å²) in [6, 6.07) is 6.70. The monoisotopic (exact) mass is 266 g/mol. The molecule has 0 saturated heterocycles. The summed E-state index contributed by atoms with van der Waals surface area (Å²) in [6.45, 7) is 3.36. The van der Waals surface area contributed by atoms with E-state index in [1.54, 1.807) is 12.1 Å². The van der Waals surface area contributed by atoms with Gasteiger partial charge in [0.2, 0.25) is 0 Å². The standard InChI is InChI=1S/C14H16ClFN2/c1-10-11(8-17-2)5-6-18(10)9-12-7-13(15)3-4-14(12)16/h3-7,17H,8-9H2,1-2H3. The Morgan fingerprint density at radius 1 is 1.28 bits per heavy atom. The first-order valence-electron chi connectivity index (χ1n) is 5.85. The SMILES string of the molecule is CNCc1ccn(Cc2cc(Cl)ccc2F)c1C. The second kappa shape index (κ2) is 5.55. The molecule has 0 radical (unpaired) electrons. The Labute approximate surface area is 111 Å². The Balaban J connectivity index is 2.26. The molecule has 1 aromatic carbocycles. The molecule has 2 aromatic rings. The molecule has 2 rings (SSSR count).